The second-order valence-corrected chi connectivity index (χ2v) is 8.54. The minimum Gasteiger partial charge on any atom is -0.493 e. The zero-order valence-corrected chi connectivity index (χ0v) is 20.3. The predicted molar refractivity (Wildman–Crippen MR) is 140 cm³/mol. The van der Waals surface area contributed by atoms with E-state index in [1.165, 1.54) is 29.5 Å². The Bertz CT molecular complexity index is 1320. The van der Waals surface area contributed by atoms with E-state index in [1.807, 2.05) is 31.3 Å². The van der Waals surface area contributed by atoms with Gasteiger partial charge in [-0.05, 0) is 60.5 Å². The topological polar surface area (TPSA) is 47.6 Å². The van der Waals surface area contributed by atoms with E-state index in [4.69, 9.17) is 4.74 Å². The maximum atomic E-state index is 13.7. The summed E-state index contributed by atoms with van der Waals surface area (Å²) in [4.78, 5) is 11.6. The van der Waals surface area contributed by atoms with Crippen molar-refractivity contribution < 1.29 is 20.1 Å². The van der Waals surface area contributed by atoms with Crippen molar-refractivity contribution in [3.63, 3.8) is 0 Å². The Morgan fingerprint density at radius 1 is 1.06 bits per heavy atom. The predicted octanol–water partition coefficient (Wildman–Crippen LogP) is 6.89. The summed E-state index contributed by atoms with van der Waals surface area (Å²) in [5, 5.41) is 5.93. The van der Waals surface area contributed by atoms with Gasteiger partial charge in [-0.25, -0.2) is 9.18 Å². The normalized spacial score (nSPS) is 15.3. The van der Waals surface area contributed by atoms with Crippen LogP contribution in [0, 0.1) is 5.82 Å². The number of rotatable bonds is 4. The zero-order chi connectivity index (χ0) is 24.8. The van der Waals surface area contributed by atoms with Gasteiger partial charge in [0, 0.05) is 18.9 Å². The lowest BCUT2D eigenvalue weighted by Gasteiger charge is -2.26. The molecule has 5 rings (SSSR count). The Morgan fingerprint density at radius 3 is 2.60 bits per heavy atom. The molecule has 4 aromatic rings. The number of hydrogen-bond donors (Lipinski definition) is 1. The number of halogens is 1. The number of esters is 1. The van der Waals surface area contributed by atoms with Crippen LogP contribution in [0.3, 0.4) is 0 Å². The van der Waals surface area contributed by atoms with Crippen LogP contribution in [0.5, 0.6) is 5.75 Å². The van der Waals surface area contributed by atoms with Crippen LogP contribution in [0.1, 0.15) is 53.8 Å². The Balaban J connectivity index is 0.000000210. The molecule has 5 heteroatoms. The molecule has 4 aromatic carbocycles. The van der Waals surface area contributed by atoms with Crippen LogP contribution in [0.2, 0.25) is 0 Å². The van der Waals surface area contributed by atoms with E-state index >= 15 is 0 Å². The molecular weight excluding hydrogens is 441 g/mol. The van der Waals surface area contributed by atoms with E-state index in [0.717, 1.165) is 23.3 Å². The first-order valence-corrected chi connectivity index (χ1v) is 11.8. The van der Waals surface area contributed by atoms with Gasteiger partial charge in [0.25, 0.3) is 0 Å². The van der Waals surface area contributed by atoms with E-state index < -0.39 is 11.8 Å². The molecule has 0 saturated heterocycles. The molecule has 0 unspecified atom stereocenters. The van der Waals surface area contributed by atoms with Crippen LogP contribution in [0.4, 0.5) is 4.39 Å². The Morgan fingerprint density at radius 2 is 1.80 bits per heavy atom. The van der Waals surface area contributed by atoms with E-state index in [9.17, 15) is 9.18 Å². The first kappa shape index (κ1) is 24.4. The van der Waals surface area contributed by atoms with Crippen LogP contribution >= 0.6 is 0 Å². The Hall–Kier alpha value is -3.70. The van der Waals surface area contributed by atoms with Crippen LogP contribution in [0.15, 0.2) is 84.9 Å². The summed E-state index contributed by atoms with van der Waals surface area (Å²) in [6.45, 7) is 2.79. The van der Waals surface area contributed by atoms with Crippen molar-refractivity contribution in [2.45, 2.75) is 25.3 Å². The summed E-state index contributed by atoms with van der Waals surface area (Å²) in [6, 6.07) is 27.8. The van der Waals surface area contributed by atoms with E-state index in [0.29, 0.717) is 12.6 Å². The number of methoxy groups -OCH3 is 1. The molecule has 0 saturated carbocycles. The number of nitrogens with one attached hydrogen (secondary N) is 1. The van der Waals surface area contributed by atoms with Crippen molar-refractivity contribution >= 4 is 16.7 Å². The van der Waals surface area contributed by atoms with Gasteiger partial charge < -0.3 is 14.8 Å². The van der Waals surface area contributed by atoms with Gasteiger partial charge in [-0.1, -0.05) is 66.7 Å². The molecule has 0 aliphatic carbocycles. The third-order valence-electron chi connectivity index (χ3n) is 6.48. The molecule has 182 valence electrons. The fraction of sp³-hybridized carbons (Fsp3) is 0.233. The minimum absolute atomic E-state index is 0. The lowest BCUT2D eigenvalue weighted by Crippen LogP contribution is -2.16. The lowest BCUT2D eigenvalue weighted by molar-refractivity contribution is 0.0595. The summed E-state index contributed by atoms with van der Waals surface area (Å²) in [5.74, 6) is -0.280. The Labute approximate surface area is 207 Å². The van der Waals surface area contributed by atoms with Crippen molar-refractivity contribution in [2.24, 2.45) is 0 Å². The number of hydrogen-bond acceptors (Lipinski definition) is 4. The number of benzene rings is 4. The standard InChI is InChI=1S/C17H15FO3.C13H15N.H2/c1-20-17(19)14-10-11(6-7-15(14)18)12-8-9-21-16-5-3-2-4-13(12)16;1-10(14-2)12-9-5-7-11-6-3-4-8-13(11)12;/h2-7,10,12H,8-9H2,1H3;3-10,14H,1-2H3;1H/t12-;10-;/m11./s1. The van der Waals surface area contributed by atoms with Crippen molar-refractivity contribution in [2.75, 3.05) is 20.8 Å². The summed E-state index contributed by atoms with van der Waals surface area (Å²) in [6.07, 6.45) is 0.795. The van der Waals surface area contributed by atoms with Gasteiger partial charge in [-0.3, -0.25) is 0 Å². The molecule has 0 amide bonds. The molecular formula is C30H32FNO3. The van der Waals surface area contributed by atoms with E-state index in [1.54, 1.807) is 12.1 Å². The average Bonchev–Trinajstić information content (AvgIpc) is 2.92. The molecule has 1 aliphatic heterocycles. The van der Waals surface area contributed by atoms with Crippen molar-refractivity contribution in [1.82, 2.24) is 5.32 Å². The fourth-order valence-corrected chi connectivity index (χ4v) is 4.50. The number of carbonyl (C=O) groups excluding carboxylic acids is 1. The molecule has 0 aromatic heterocycles. The SMILES string of the molecule is CN[C@H](C)c1cccc2ccccc12.COC(=O)c1cc([C@H]2CCOc3ccccc32)ccc1F.[HH]. The molecule has 0 fully saturated rings. The zero-order valence-electron chi connectivity index (χ0n) is 20.3. The molecule has 4 nitrogen and oxygen atoms in total. The maximum absolute atomic E-state index is 13.7. The summed E-state index contributed by atoms with van der Waals surface area (Å²) in [7, 11) is 3.24. The molecule has 0 bridgehead atoms. The molecule has 1 N–H and O–H groups in total. The highest BCUT2D eigenvalue weighted by Gasteiger charge is 2.24. The monoisotopic (exact) mass is 473 g/mol. The van der Waals surface area contributed by atoms with Crippen LogP contribution in [0.25, 0.3) is 10.8 Å². The van der Waals surface area contributed by atoms with Crippen molar-refractivity contribution in [3.05, 3.63) is 113 Å². The number of para-hydroxylation sites is 1. The van der Waals surface area contributed by atoms with Crippen LogP contribution in [-0.2, 0) is 4.74 Å². The van der Waals surface area contributed by atoms with Gasteiger partial charge in [0.15, 0.2) is 0 Å². The van der Waals surface area contributed by atoms with Gasteiger partial charge in [-0.2, -0.15) is 0 Å². The molecule has 2 atom stereocenters. The second-order valence-electron chi connectivity index (χ2n) is 8.54. The van der Waals surface area contributed by atoms with Crippen LogP contribution in [-0.4, -0.2) is 26.7 Å². The minimum atomic E-state index is -0.658. The van der Waals surface area contributed by atoms with Gasteiger partial charge in [-0.15, -0.1) is 0 Å². The van der Waals surface area contributed by atoms with Gasteiger partial charge >= 0.3 is 5.97 Å². The Kier molecular flexibility index (Phi) is 7.78. The number of carbonyl (C=O) groups is 1. The number of ether oxygens (including phenoxy) is 2. The molecule has 0 spiro atoms. The molecule has 1 heterocycles. The highest BCUT2D eigenvalue weighted by molar-refractivity contribution is 5.90. The van der Waals surface area contributed by atoms with Gasteiger partial charge in [0.2, 0.25) is 0 Å². The summed E-state index contributed by atoms with van der Waals surface area (Å²) >= 11 is 0. The third-order valence-corrected chi connectivity index (χ3v) is 6.48. The first-order chi connectivity index (χ1) is 17.0. The first-order valence-electron chi connectivity index (χ1n) is 11.8. The maximum Gasteiger partial charge on any atom is 0.340 e. The summed E-state index contributed by atoms with van der Waals surface area (Å²) < 4.78 is 24.0. The molecule has 1 aliphatic rings. The quantitative estimate of drug-likeness (QED) is 0.328. The van der Waals surface area contributed by atoms with Gasteiger partial charge in [0.05, 0.1) is 19.3 Å². The third kappa shape index (κ3) is 5.36. The molecule has 0 radical (unpaired) electrons. The van der Waals surface area contributed by atoms with Crippen LogP contribution < -0.4 is 10.1 Å². The average molecular weight is 474 g/mol. The van der Waals surface area contributed by atoms with Gasteiger partial charge in [0.1, 0.15) is 11.6 Å². The highest BCUT2D eigenvalue weighted by Crippen LogP contribution is 2.38. The highest BCUT2D eigenvalue weighted by atomic mass is 19.1. The lowest BCUT2D eigenvalue weighted by atomic mass is 9.86. The van der Waals surface area contributed by atoms with E-state index in [2.05, 4.69) is 59.4 Å². The van der Waals surface area contributed by atoms with Crippen molar-refractivity contribution in [1.29, 1.82) is 0 Å². The summed E-state index contributed by atoms with van der Waals surface area (Å²) in [5.41, 5.74) is 3.29. The molecule has 35 heavy (non-hydrogen) atoms. The fourth-order valence-electron chi connectivity index (χ4n) is 4.50. The van der Waals surface area contributed by atoms with Crippen molar-refractivity contribution in [3.8, 4) is 5.75 Å². The smallest absolute Gasteiger partial charge is 0.340 e. The number of fused-ring (bicyclic) bond motifs is 2. The largest absolute Gasteiger partial charge is 0.493 e. The van der Waals surface area contributed by atoms with E-state index in [-0.39, 0.29) is 12.9 Å². The second kappa shape index (κ2) is 11.2.